The van der Waals surface area contributed by atoms with Gasteiger partial charge in [0.05, 0.1) is 49.5 Å². The maximum atomic E-state index is 14.4. The minimum absolute atomic E-state index is 0.00658. The number of amides is 5. The number of thioether (sulfide) groups is 1. The molecule has 8 atom stereocenters. The minimum atomic E-state index is -0.874. The Kier molecular flexibility index (Phi) is 33.3. The Hall–Kier alpha value is -5.46. The molecule has 0 aliphatic carbocycles. The number of aromatic hydroxyl groups is 1. The fourth-order valence-corrected chi connectivity index (χ4v) is 11.5. The number of esters is 1. The van der Waals surface area contributed by atoms with Crippen LogP contribution in [0.3, 0.4) is 0 Å². The number of likely N-dealkylation sites (N-methyl/N-ethyl adjacent to an activating group) is 1. The number of carbonyl (C=O) groups excluding carboxylic acids is 10. The van der Waals surface area contributed by atoms with E-state index in [-0.39, 0.29) is 146 Å². The predicted octanol–water partition coefficient (Wildman–Crippen LogP) is 8.62. The van der Waals surface area contributed by atoms with E-state index in [1.165, 1.54) is 41.0 Å². The van der Waals surface area contributed by atoms with Gasteiger partial charge in [-0.05, 0) is 89.4 Å². The number of phenols is 1. The number of hydrogen-bond acceptors (Lipinski definition) is 19. The lowest BCUT2D eigenvalue weighted by Crippen LogP contribution is -2.50. The number of ether oxygens (including phenoxy) is 4. The Labute approximate surface area is 524 Å². The van der Waals surface area contributed by atoms with Gasteiger partial charge in [-0.1, -0.05) is 67.4 Å². The molecule has 1 aliphatic rings. The van der Waals surface area contributed by atoms with Gasteiger partial charge in [-0.25, -0.2) is 4.98 Å². The number of nitrogens with one attached hydrogen (secondary N) is 2. The number of anilines is 1. The van der Waals surface area contributed by atoms with Gasteiger partial charge in [-0.3, -0.25) is 57.7 Å². The summed E-state index contributed by atoms with van der Waals surface area (Å²) in [7, 11) is 5.41. The Morgan fingerprint density at radius 1 is 0.851 bits per heavy atom. The molecule has 1 unspecified atom stereocenters. The lowest BCUT2D eigenvalue weighted by Gasteiger charge is -2.38. The molecule has 488 valence electrons. The molecule has 0 radical (unpaired) electrons. The van der Waals surface area contributed by atoms with E-state index < -0.39 is 53.2 Å². The molecular weight excluding hydrogens is 1160 g/mol. The number of likely N-dealkylation sites (tertiary alicyclic amines) is 1. The summed E-state index contributed by atoms with van der Waals surface area (Å²) in [6, 6.07) is 3.98. The van der Waals surface area contributed by atoms with E-state index in [2.05, 4.69) is 15.6 Å². The fraction of sp³-hybridized carbons (Fsp3) is 0.703. The topological polar surface area (TPSA) is 275 Å². The average molecular weight is 1260 g/mol. The van der Waals surface area contributed by atoms with Crippen LogP contribution in [0.4, 0.5) is 5.69 Å². The highest BCUT2D eigenvalue weighted by atomic mass is 32.2. The molecule has 3 N–H and O–H groups in total. The normalized spacial score (nSPS) is 16.0. The average Bonchev–Trinajstić information content (AvgIpc) is 2.69. The quantitative estimate of drug-likeness (QED) is 0.0242. The van der Waals surface area contributed by atoms with E-state index in [9.17, 15) is 53.1 Å². The van der Waals surface area contributed by atoms with Crippen LogP contribution in [0.25, 0.3) is 0 Å². The summed E-state index contributed by atoms with van der Waals surface area (Å²) in [5.74, 6) is -4.70. The van der Waals surface area contributed by atoms with Crippen LogP contribution in [0.15, 0.2) is 23.6 Å². The van der Waals surface area contributed by atoms with E-state index in [0.29, 0.717) is 75.3 Å². The summed E-state index contributed by atoms with van der Waals surface area (Å²) in [4.78, 5) is 140. The van der Waals surface area contributed by atoms with Gasteiger partial charge in [0.25, 0.3) is 5.91 Å². The minimum Gasteiger partial charge on any atom is -0.506 e. The fourth-order valence-electron chi connectivity index (χ4n) is 10.0. The summed E-state index contributed by atoms with van der Waals surface area (Å²) in [5.41, 5.74) is 0.204. The molecule has 87 heavy (non-hydrogen) atoms. The van der Waals surface area contributed by atoms with E-state index in [1.807, 2.05) is 67.5 Å². The van der Waals surface area contributed by atoms with Crippen molar-refractivity contribution in [1.29, 1.82) is 0 Å². The Morgan fingerprint density at radius 2 is 1.49 bits per heavy atom. The molecule has 3 rings (SSSR count). The monoisotopic (exact) mass is 1260 g/mol. The van der Waals surface area contributed by atoms with Crippen molar-refractivity contribution >= 4 is 87.4 Å². The highest BCUT2D eigenvalue weighted by molar-refractivity contribution is 8.00. The number of hydrogen-bond donors (Lipinski definition) is 3. The Morgan fingerprint density at radius 3 is 2.09 bits per heavy atom. The van der Waals surface area contributed by atoms with Gasteiger partial charge in [0.15, 0.2) is 11.9 Å². The number of rotatable bonds is 44. The lowest BCUT2D eigenvalue weighted by molar-refractivity contribution is -0.150. The highest BCUT2D eigenvalue weighted by Crippen LogP contribution is 2.34. The third kappa shape index (κ3) is 25.2. The second kappa shape index (κ2) is 38.2. The number of carbonyl (C=O) groups is 10. The first-order valence-corrected chi connectivity index (χ1v) is 32.9. The molecule has 0 bridgehead atoms. The molecule has 1 aliphatic heterocycles. The number of thiazole rings is 1. The number of aromatic nitrogens is 1. The predicted molar refractivity (Wildman–Crippen MR) is 336 cm³/mol. The summed E-state index contributed by atoms with van der Waals surface area (Å²) in [6.45, 7) is 20.2. The van der Waals surface area contributed by atoms with Crippen molar-refractivity contribution in [2.75, 3.05) is 78.9 Å². The van der Waals surface area contributed by atoms with Crippen molar-refractivity contribution in [3.05, 3.63) is 39.8 Å². The first kappa shape index (κ1) is 75.8. The van der Waals surface area contributed by atoms with Gasteiger partial charge in [0, 0.05) is 114 Å². The van der Waals surface area contributed by atoms with E-state index in [4.69, 9.17) is 18.9 Å². The number of benzene rings is 1. The Bertz CT molecular complexity index is 2610. The molecule has 21 nitrogen and oxygen atoms in total. The van der Waals surface area contributed by atoms with Crippen molar-refractivity contribution in [1.82, 2.24) is 25.0 Å². The molecule has 0 saturated carbocycles. The van der Waals surface area contributed by atoms with Gasteiger partial charge >= 0.3 is 5.97 Å². The second-order valence-electron chi connectivity index (χ2n) is 24.1. The van der Waals surface area contributed by atoms with Gasteiger partial charge < -0.3 is 39.6 Å². The lowest BCUT2D eigenvalue weighted by atomic mass is 9.81. The van der Waals surface area contributed by atoms with Crippen LogP contribution in [-0.4, -0.2) is 180 Å². The molecule has 1 aromatic heterocycles. The standard InChI is InChI=1S/C64H100N6O15S2/c1-15-19-46(65-60(79)51-39-87-61(67-51)55(85-44(8)71)37-52(40(3)4)69(13)62(80)49(41(5)16-2)36-57(76)64(9,10)68(11)12)34-45-22-23-53(74)50(35-45)66-59(78)43(7)33-54(75)42(6)32-48(73)24-27-83-29-31-84-30-28-82-26-18-21-47(72)20-17-25-70-58(77)38-56(86-14)63(70)81/h22-23,35,39-43,46,49,52,55-56,74H,15-21,24-34,36-38H2,1-14H3,(H,65,79)(H,66,78)/t41-,42+,43+,46+,49-,52+,55+,56?/m0/s1. The van der Waals surface area contributed by atoms with Crippen LogP contribution in [0.2, 0.25) is 0 Å². The zero-order valence-corrected chi connectivity index (χ0v) is 55.8. The molecule has 1 aromatic carbocycles. The van der Waals surface area contributed by atoms with Crippen LogP contribution in [0.1, 0.15) is 180 Å². The van der Waals surface area contributed by atoms with Gasteiger partial charge in [-0.15, -0.1) is 11.3 Å². The number of Topliss-reactive ketones (excluding diaryl/α,β-unsaturated/α-hetero) is 4. The maximum Gasteiger partial charge on any atom is 0.303 e. The second-order valence-corrected chi connectivity index (χ2v) is 26.0. The molecule has 5 amide bonds. The summed E-state index contributed by atoms with van der Waals surface area (Å²) < 4.78 is 22.4. The summed E-state index contributed by atoms with van der Waals surface area (Å²) in [5, 5.41) is 18.3. The van der Waals surface area contributed by atoms with Crippen molar-refractivity contribution in [3.8, 4) is 5.75 Å². The van der Waals surface area contributed by atoms with Crippen LogP contribution >= 0.6 is 23.1 Å². The number of nitrogens with zero attached hydrogens (tertiary/aromatic N) is 4. The van der Waals surface area contributed by atoms with Crippen molar-refractivity contribution < 1.29 is 72.0 Å². The van der Waals surface area contributed by atoms with Gasteiger partial charge in [-0.2, -0.15) is 11.8 Å². The van der Waals surface area contributed by atoms with Gasteiger partial charge in [0.2, 0.25) is 23.6 Å². The summed E-state index contributed by atoms with van der Waals surface area (Å²) in [6.07, 6.45) is 5.42. The molecule has 2 heterocycles. The smallest absolute Gasteiger partial charge is 0.303 e. The highest BCUT2D eigenvalue weighted by Gasteiger charge is 2.40. The number of phenolic OH excluding ortho intramolecular Hbond substituents is 1. The third-order valence-electron chi connectivity index (χ3n) is 16.4. The molecule has 2 aromatic rings. The van der Waals surface area contributed by atoms with Crippen LogP contribution in [-0.2, 0) is 68.5 Å². The van der Waals surface area contributed by atoms with Crippen LogP contribution < -0.4 is 10.6 Å². The number of ketones is 4. The molecular formula is C64H100N6O15S2. The molecule has 1 fully saturated rings. The maximum absolute atomic E-state index is 14.4. The first-order valence-electron chi connectivity index (χ1n) is 30.8. The Balaban J connectivity index is 1.45. The van der Waals surface area contributed by atoms with Gasteiger partial charge in [0.1, 0.15) is 33.8 Å². The van der Waals surface area contributed by atoms with E-state index in [1.54, 1.807) is 49.6 Å². The molecule has 23 heteroatoms. The van der Waals surface area contributed by atoms with Crippen LogP contribution in [0, 0.1) is 29.6 Å². The zero-order chi connectivity index (χ0) is 65.1. The largest absolute Gasteiger partial charge is 0.506 e. The first-order chi connectivity index (χ1) is 41.1. The van der Waals surface area contributed by atoms with Crippen LogP contribution in [0.5, 0.6) is 5.75 Å². The van der Waals surface area contributed by atoms with Crippen molar-refractivity contribution in [2.24, 2.45) is 29.6 Å². The number of imide groups is 1. The van der Waals surface area contributed by atoms with Crippen molar-refractivity contribution in [3.63, 3.8) is 0 Å². The third-order valence-corrected chi connectivity index (χ3v) is 18.3. The molecule has 0 spiro atoms. The summed E-state index contributed by atoms with van der Waals surface area (Å²) >= 11 is 2.54. The van der Waals surface area contributed by atoms with E-state index in [0.717, 1.165) is 6.42 Å². The zero-order valence-electron chi connectivity index (χ0n) is 54.1. The van der Waals surface area contributed by atoms with Crippen molar-refractivity contribution in [2.45, 2.75) is 188 Å². The SMILES string of the molecule is CCC[C@H](Cc1ccc(O)c(NC(=O)[C@H](C)CC(=O)[C@H](C)CC(=O)CCOCCOCCOCCCC(=O)CCCN2C(=O)CC(SC)C2=O)c1)NC(=O)c1csc([C@@H](C[C@H](C(C)C)N(C)C(=O)[C@@H](CC(=O)C(C)(C)N(C)C)[C@@H](C)CC)OC(C)=O)n1. The molecule has 1 saturated heterocycles. The van der Waals surface area contributed by atoms with E-state index >= 15 is 0 Å².